The number of aryl methyl sites for hydroxylation is 1. The van der Waals surface area contributed by atoms with Crippen LogP contribution in [0.3, 0.4) is 0 Å². The number of hydrogen-bond donors (Lipinski definition) is 0. The topological polar surface area (TPSA) is 65.3 Å². The van der Waals surface area contributed by atoms with Gasteiger partial charge < -0.3 is 14.9 Å². The molecule has 0 amide bonds. The average molecular weight is 254 g/mol. The molecule has 0 saturated heterocycles. The van der Waals surface area contributed by atoms with Crippen molar-refractivity contribution < 1.29 is 27.2 Å². The molecule has 1 aromatic heterocycles. The number of aromatic nitrogens is 1. The van der Waals surface area contributed by atoms with Crippen molar-refractivity contribution in [3.63, 3.8) is 0 Å². The molecule has 1 aromatic rings. The number of ether oxygens (including phenoxy) is 1. The van der Waals surface area contributed by atoms with Gasteiger partial charge in [0.25, 0.3) is 0 Å². The van der Waals surface area contributed by atoms with Crippen molar-refractivity contribution >= 4 is 5.82 Å². The summed E-state index contributed by atoms with van der Waals surface area (Å²) < 4.78 is 52.1. The van der Waals surface area contributed by atoms with Gasteiger partial charge in [0.1, 0.15) is 12.9 Å². The monoisotopic (exact) mass is 254 g/mol. The van der Waals surface area contributed by atoms with E-state index in [1.54, 1.807) is 0 Å². The number of nitro groups is 1. The lowest BCUT2D eigenvalue weighted by Crippen LogP contribution is -2.19. The maximum Gasteiger partial charge on any atom is 0.573 e. The van der Waals surface area contributed by atoms with Gasteiger partial charge in [0.15, 0.2) is 0 Å². The molecule has 17 heavy (non-hydrogen) atoms. The van der Waals surface area contributed by atoms with Crippen molar-refractivity contribution in [1.82, 2.24) is 4.98 Å². The summed E-state index contributed by atoms with van der Waals surface area (Å²) in [4.78, 5) is 12.5. The van der Waals surface area contributed by atoms with Crippen LogP contribution in [0.2, 0.25) is 0 Å². The first-order valence-electron chi connectivity index (χ1n) is 4.21. The van der Waals surface area contributed by atoms with Crippen LogP contribution in [0.5, 0.6) is 5.75 Å². The van der Waals surface area contributed by atoms with Crippen LogP contribution in [0.1, 0.15) is 11.1 Å². The maximum atomic E-state index is 12.6. The molecule has 0 aliphatic heterocycles. The van der Waals surface area contributed by atoms with E-state index in [-0.39, 0.29) is 5.56 Å². The van der Waals surface area contributed by atoms with Gasteiger partial charge in [-0.2, -0.15) is 0 Å². The van der Waals surface area contributed by atoms with Crippen LogP contribution < -0.4 is 4.74 Å². The first-order chi connectivity index (χ1) is 7.76. The molecular formula is C8H6F4N2O3. The zero-order chi connectivity index (χ0) is 13.2. The SMILES string of the molecule is Cc1cnc([N+](=O)[O-])c(OC(F)(F)F)c1CF. The summed E-state index contributed by atoms with van der Waals surface area (Å²) >= 11 is 0. The van der Waals surface area contributed by atoms with Crippen LogP contribution in [-0.2, 0) is 6.67 Å². The predicted octanol–water partition coefficient (Wildman–Crippen LogP) is 2.67. The highest BCUT2D eigenvalue weighted by Gasteiger charge is 2.37. The number of halogens is 4. The van der Waals surface area contributed by atoms with Gasteiger partial charge in [-0.3, -0.25) is 0 Å². The normalized spacial score (nSPS) is 11.4. The van der Waals surface area contributed by atoms with Crippen molar-refractivity contribution in [2.45, 2.75) is 20.0 Å². The minimum absolute atomic E-state index is 0.0392. The van der Waals surface area contributed by atoms with Crippen LogP contribution in [0.15, 0.2) is 6.20 Å². The Morgan fingerprint density at radius 1 is 1.53 bits per heavy atom. The molecule has 0 spiro atoms. The zero-order valence-corrected chi connectivity index (χ0v) is 8.42. The lowest BCUT2D eigenvalue weighted by atomic mass is 10.1. The summed E-state index contributed by atoms with van der Waals surface area (Å²) in [5, 5.41) is 10.5. The smallest absolute Gasteiger partial charge is 0.396 e. The van der Waals surface area contributed by atoms with Gasteiger partial charge in [-0.1, -0.05) is 0 Å². The number of nitrogens with zero attached hydrogens (tertiary/aromatic N) is 2. The molecule has 0 unspecified atom stereocenters. The second-order valence-electron chi connectivity index (χ2n) is 3.01. The van der Waals surface area contributed by atoms with Crippen LogP contribution in [0.25, 0.3) is 0 Å². The highest BCUT2D eigenvalue weighted by molar-refractivity contribution is 5.49. The maximum absolute atomic E-state index is 12.6. The molecule has 94 valence electrons. The van der Waals surface area contributed by atoms with E-state index < -0.39 is 35.1 Å². The van der Waals surface area contributed by atoms with Crippen LogP contribution >= 0.6 is 0 Å². The summed E-state index contributed by atoms with van der Waals surface area (Å²) in [5.41, 5.74) is -0.499. The van der Waals surface area contributed by atoms with Gasteiger partial charge >= 0.3 is 12.2 Å². The van der Waals surface area contributed by atoms with Crippen LogP contribution in [0, 0.1) is 17.0 Å². The Bertz CT molecular complexity index is 447. The molecule has 0 atom stereocenters. The fraction of sp³-hybridized carbons (Fsp3) is 0.375. The predicted molar refractivity (Wildman–Crippen MR) is 47.1 cm³/mol. The van der Waals surface area contributed by atoms with Gasteiger partial charge in [-0.05, 0) is 16.8 Å². The third-order valence-corrected chi connectivity index (χ3v) is 1.86. The van der Waals surface area contributed by atoms with Gasteiger partial charge in [0.05, 0.1) is 0 Å². The highest BCUT2D eigenvalue weighted by Crippen LogP contribution is 2.35. The van der Waals surface area contributed by atoms with Crippen molar-refractivity contribution in [1.29, 1.82) is 0 Å². The summed E-state index contributed by atoms with van der Waals surface area (Å²) in [6.45, 7) is -0.0462. The molecule has 0 N–H and O–H groups in total. The van der Waals surface area contributed by atoms with Crippen LogP contribution in [-0.4, -0.2) is 16.3 Å². The molecule has 0 aliphatic rings. The Morgan fingerprint density at radius 2 is 2.12 bits per heavy atom. The van der Waals surface area contributed by atoms with E-state index in [4.69, 9.17) is 0 Å². The lowest BCUT2D eigenvalue weighted by Gasteiger charge is -2.12. The molecule has 0 aliphatic carbocycles. The van der Waals surface area contributed by atoms with Crippen molar-refractivity contribution in [2.75, 3.05) is 0 Å². The van der Waals surface area contributed by atoms with E-state index in [2.05, 4.69) is 9.72 Å². The molecule has 0 fully saturated rings. The fourth-order valence-electron chi connectivity index (χ4n) is 1.13. The van der Waals surface area contributed by atoms with E-state index in [1.165, 1.54) is 6.92 Å². The summed E-state index contributed by atoms with van der Waals surface area (Å²) in [7, 11) is 0. The lowest BCUT2D eigenvalue weighted by molar-refractivity contribution is -0.393. The van der Waals surface area contributed by atoms with Crippen molar-refractivity contribution in [3.05, 3.63) is 27.4 Å². The third kappa shape index (κ3) is 3.02. The van der Waals surface area contributed by atoms with E-state index in [1.807, 2.05) is 0 Å². The van der Waals surface area contributed by atoms with E-state index >= 15 is 0 Å². The summed E-state index contributed by atoms with van der Waals surface area (Å²) in [5.74, 6) is -2.37. The van der Waals surface area contributed by atoms with Crippen molar-refractivity contribution in [2.24, 2.45) is 0 Å². The first-order valence-corrected chi connectivity index (χ1v) is 4.21. The van der Waals surface area contributed by atoms with E-state index in [0.29, 0.717) is 0 Å². The zero-order valence-electron chi connectivity index (χ0n) is 8.42. The molecule has 0 bridgehead atoms. The third-order valence-electron chi connectivity index (χ3n) is 1.86. The second kappa shape index (κ2) is 4.52. The van der Waals surface area contributed by atoms with Gasteiger partial charge in [-0.25, -0.2) is 4.39 Å². The van der Waals surface area contributed by atoms with E-state index in [0.717, 1.165) is 6.20 Å². The molecular weight excluding hydrogens is 248 g/mol. The Hall–Kier alpha value is -1.93. The molecule has 1 rings (SSSR count). The first kappa shape index (κ1) is 13.1. The standard InChI is InChI=1S/C8H6F4N2O3/c1-4-3-13-7(14(15)16)6(5(4)2-9)17-8(10,11)12/h3H,2H2,1H3. The number of rotatable bonds is 3. The molecule has 0 saturated carbocycles. The van der Waals surface area contributed by atoms with Crippen LogP contribution in [0.4, 0.5) is 23.4 Å². The largest absolute Gasteiger partial charge is 0.573 e. The number of hydrogen-bond acceptors (Lipinski definition) is 4. The average Bonchev–Trinajstić information content (AvgIpc) is 2.15. The minimum atomic E-state index is -5.15. The number of pyridine rings is 1. The molecule has 5 nitrogen and oxygen atoms in total. The molecule has 1 heterocycles. The highest BCUT2D eigenvalue weighted by atomic mass is 19.4. The number of alkyl halides is 4. The Morgan fingerprint density at radius 3 is 2.53 bits per heavy atom. The Balaban J connectivity index is 3.39. The molecule has 0 radical (unpaired) electrons. The second-order valence-corrected chi connectivity index (χ2v) is 3.01. The van der Waals surface area contributed by atoms with Gasteiger partial charge in [-0.15, -0.1) is 13.2 Å². The van der Waals surface area contributed by atoms with Crippen molar-refractivity contribution in [3.8, 4) is 5.75 Å². The summed E-state index contributed by atoms with van der Waals surface area (Å²) in [6, 6.07) is 0. The molecule has 9 heteroatoms. The fourth-order valence-corrected chi connectivity index (χ4v) is 1.13. The minimum Gasteiger partial charge on any atom is -0.396 e. The van der Waals surface area contributed by atoms with Gasteiger partial charge in [0.2, 0.25) is 5.75 Å². The van der Waals surface area contributed by atoms with E-state index in [9.17, 15) is 27.7 Å². The summed E-state index contributed by atoms with van der Waals surface area (Å²) in [6.07, 6.45) is -4.24. The molecule has 0 aromatic carbocycles. The Kier molecular flexibility index (Phi) is 3.49. The quantitative estimate of drug-likeness (QED) is 0.472. The Labute approximate surface area is 92.2 Å². The van der Waals surface area contributed by atoms with Gasteiger partial charge in [0, 0.05) is 11.1 Å².